The normalized spacial score (nSPS) is 16.1. The molecule has 118 valence electrons. The van der Waals surface area contributed by atoms with Gasteiger partial charge in [0, 0.05) is 32.4 Å². The molecule has 0 atom stereocenters. The highest BCUT2D eigenvalue weighted by Gasteiger charge is 2.20. The molecule has 0 unspecified atom stereocenters. The number of hydrogen-bond donors (Lipinski definition) is 2. The molecule has 0 bridgehead atoms. The third-order valence-corrected chi connectivity index (χ3v) is 4.34. The van der Waals surface area contributed by atoms with Crippen LogP contribution in [0, 0.1) is 0 Å². The van der Waals surface area contributed by atoms with Crippen molar-refractivity contribution in [3.05, 3.63) is 36.5 Å². The summed E-state index contributed by atoms with van der Waals surface area (Å²) in [7, 11) is 2.14. The third-order valence-electron chi connectivity index (χ3n) is 4.34. The summed E-state index contributed by atoms with van der Waals surface area (Å²) in [5.74, 6) is 1.80. The number of para-hydroxylation sites is 1. The summed E-state index contributed by atoms with van der Waals surface area (Å²) >= 11 is 0. The predicted octanol–water partition coefficient (Wildman–Crippen LogP) is 2.08. The van der Waals surface area contributed by atoms with Gasteiger partial charge in [0.1, 0.15) is 17.1 Å². The molecule has 1 fully saturated rings. The molecule has 0 aliphatic carbocycles. The van der Waals surface area contributed by atoms with Crippen molar-refractivity contribution in [1.82, 2.24) is 19.9 Å². The van der Waals surface area contributed by atoms with Gasteiger partial charge in [-0.05, 0) is 25.2 Å². The fraction of sp³-hybridized carbons (Fsp3) is 0.294. The van der Waals surface area contributed by atoms with Crippen LogP contribution in [-0.2, 0) is 0 Å². The number of H-pyrrole nitrogens is 1. The molecule has 0 saturated carbocycles. The first-order chi connectivity index (χ1) is 11.2. The highest BCUT2D eigenvalue weighted by Crippen LogP contribution is 2.30. The molecule has 1 aliphatic heterocycles. The van der Waals surface area contributed by atoms with E-state index in [9.17, 15) is 5.11 Å². The lowest BCUT2D eigenvalue weighted by Gasteiger charge is -2.33. The zero-order chi connectivity index (χ0) is 15.8. The Balaban J connectivity index is 1.77. The quantitative estimate of drug-likeness (QED) is 0.758. The minimum Gasteiger partial charge on any atom is -0.507 e. The van der Waals surface area contributed by atoms with Crippen molar-refractivity contribution in [2.75, 3.05) is 38.1 Å². The molecule has 4 rings (SSSR count). The van der Waals surface area contributed by atoms with Crippen molar-refractivity contribution in [3.63, 3.8) is 0 Å². The summed E-state index contributed by atoms with van der Waals surface area (Å²) in [5.41, 5.74) is 2.50. The molecule has 0 radical (unpaired) electrons. The van der Waals surface area contributed by atoms with Gasteiger partial charge in [0.05, 0.1) is 11.1 Å². The Morgan fingerprint density at radius 1 is 1.09 bits per heavy atom. The molecule has 3 aromatic rings. The van der Waals surface area contributed by atoms with E-state index in [2.05, 4.69) is 26.8 Å². The number of nitrogens with one attached hydrogen (secondary N) is 1. The average molecular weight is 309 g/mol. The number of pyridine rings is 1. The maximum atomic E-state index is 10.0. The van der Waals surface area contributed by atoms with E-state index in [1.165, 1.54) is 0 Å². The second-order valence-electron chi connectivity index (χ2n) is 5.92. The highest BCUT2D eigenvalue weighted by molar-refractivity contribution is 5.89. The van der Waals surface area contributed by atoms with Gasteiger partial charge >= 0.3 is 0 Å². The summed E-state index contributed by atoms with van der Waals surface area (Å²) in [6, 6.07) is 9.14. The maximum absolute atomic E-state index is 10.0. The summed E-state index contributed by atoms with van der Waals surface area (Å²) in [6.07, 6.45) is 1.81. The minimum atomic E-state index is 0.223. The van der Waals surface area contributed by atoms with E-state index in [1.807, 2.05) is 24.4 Å². The number of phenolic OH excluding ortho intramolecular Hbond substituents is 1. The Kier molecular flexibility index (Phi) is 3.38. The molecule has 2 N–H and O–H groups in total. The minimum absolute atomic E-state index is 0.223. The van der Waals surface area contributed by atoms with Crippen molar-refractivity contribution in [2.24, 2.45) is 0 Å². The number of piperazine rings is 1. The highest BCUT2D eigenvalue weighted by atomic mass is 16.3. The molecule has 1 saturated heterocycles. The molecule has 0 spiro atoms. The molecule has 1 aromatic carbocycles. The predicted molar refractivity (Wildman–Crippen MR) is 90.7 cm³/mol. The molecule has 0 amide bonds. The monoisotopic (exact) mass is 309 g/mol. The molecular weight excluding hydrogens is 290 g/mol. The Morgan fingerprint density at radius 2 is 1.87 bits per heavy atom. The largest absolute Gasteiger partial charge is 0.507 e. The molecule has 1 aliphatic rings. The maximum Gasteiger partial charge on any atom is 0.156 e. The Labute approximate surface area is 134 Å². The van der Waals surface area contributed by atoms with Crippen LogP contribution in [0.1, 0.15) is 0 Å². The van der Waals surface area contributed by atoms with E-state index in [0.717, 1.165) is 43.0 Å². The molecule has 3 heterocycles. The Hall–Kier alpha value is -2.60. The van der Waals surface area contributed by atoms with Gasteiger partial charge in [0.25, 0.3) is 0 Å². The zero-order valence-electron chi connectivity index (χ0n) is 13.0. The molecule has 23 heavy (non-hydrogen) atoms. The first-order valence-corrected chi connectivity index (χ1v) is 7.79. The Morgan fingerprint density at radius 3 is 2.65 bits per heavy atom. The number of nitrogens with zero attached hydrogens (tertiary/aromatic N) is 4. The van der Waals surface area contributed by atoms with Gasteiger partial charge in [-0.25, -0.2) is 9.97 Å². The van der Waals surface area contributed by atoms with E-state index >= 15 is 0 Å². The number of fused-ring (bicyclic) bond motifs is 1. The van der Waals surface area contributed by atoms with Crippen LogP contribution in [0.2, 0.25) is 0 Å². The number of phenols is 1. The van der Waals surface area contributed by atoms with E-state index in [1.54, 1.807) is 12.1 Å². The fourth-order valence-electron chi connectivity index (χ4n) is 2.97. The average Bonchev–Trinajstić information content (AvgIpc) is 3.00. The van der Waals surface area contributed by atoms with Crippen LogP contribution in [0.5, 0.6) is 5.75 Å². The van der Waals surface area contributed by atoms with Crippen molar-refractivity contribution >= 4 is 16.9 Å². The van der Waals surface area contributed by atoms with Crippen LogP contribution in [0.3, 0.4) is 0 Å². The Bertz CT molecular complexity index is 836. The van der Waals surface area contributed by atoms with Crippen LogP contribution >= 0.6 is 0 Å². The van der Waals surface area contributed by atoms with Crippen LogP contribution in [0.15, 0.2) is 36.5 Å². The molecule has 6 heteroatoms. The number of imidazole rings is 1. The van der Waals surface area contributed by atoms with Crippen molar-refractivity contribution < 1.29 is 5.11 Å². The summed E-state index contributed by atoms with van der Waals surface area (Å²) in [6.45, 7) is 3.94. The number of aromatic amines is 1. The van der Waals surface area contributed by atoms with Gasteiger partial charge < -0.3 is 19.9 Å². The van der Waals surface area contributed by atoms with E-state index < -0.39 is 0 Å². The summed E-state index contributed by atoms with van der Waals surface area (Å²) < 4.78 is 0. The van der Waals surface area contributed by atoms with Crippen LogP contribution in [0.4, 0.5) is 5.82 Å². The number of hydrogen-bond acceptors (Lipinski definition) is 5. The van der Waals surface area contributed by atoms with E-state index in [-0.39, 0.29) is 5.75 Å². The molecule has 6 nitrogen and oxygen atoms in total. The number of aromatic nitrogens is 3. The summed E-state index contributed by atoms with van der Waals surface area (Å²) in [4.78, 5) is 17.1. The van der Waals surface area contributed by atoms with E-state index in [0.29, 0.717) is 11.4 Å². The number of aromatic hydroxyl groups is 1. The number of likely N-dealkylation sites (N-methyl/N-ethyl adjacent to an activating group) is 1. The van der Waals surface area contributed by atoms with Crippen LogP contribution < -0.4 is 4.90 Å². The van der Waals surface area contributed by atoms with Gasteiger partial charge in [-0.2, -0.15) is 0 Å². The van der Waals surface area contributed by atoms with Crippen molar-refractivity contribution in [1.29, 1.82) is 0 Å². The lowest BCUT2D eigenvalue weighted by molar-refractivity contribution is 0.312. The van der Waals surface area contributed by atoms with E-state index in [4.69, 9.17) is 4.98 Å². The van der Waals surface area contributed by atoms with Gasteiger partial charge in [-0.15, -0.1) is 0 Å². The zero-order valence-corrected chi connectivity index (χ0v) is 13.0. The number of benzene rings is 1. The van der Waals surface area contributed by atoms with Gasteiger partial charge in [0.15, 0.2) is 5.82 Å². The molecule has 2 aromatic heterocycles. The smallest absolute Gasteiger partial charge is 0.156 e. The fourth-order valence-corrected chi connectivity index (χ4v) is 2.97. The first kappa shape index (κ1) is 14.0. The van der Waals surface area contributed by atoms with Crippen molar-refractivity contribution in [2.45, 2.75) is 0 Å². The number of anilines is 1. The molecular formula is C17H19N5O. The second-order valence-corrected chi connectivity index (χ2v) is 5.92. The number of rotatable bonds is 2. The van der Waals surface area contributed by atoms with Crippen molar-refractivity contribution in [3.8, 4) is 17.1 Å². The third kappa shape index (κ3) is 2.51. The second kappa shape index (κ2) is 5.55. The lowest BCUT2D eigenvalue weighted by Crippen LogP contribution is -2.44. The van der Waals surface area contributed by atoms with Crippen LogP contribution in [0.25, 0.3) is 22.4 Å². The topological polar surface area (TPSA) is 68.3 Å². The standard InChI is InChI=1S/C17H19N5O/c1-21-8-10-22(11-9-21)17-15-13(6-7-18-17)19-16(20-15)12-4-2-3-5-14(12)23/h2-7,23H,8-11H2,1H3,(H,19,20). The lowest BCUT2D eigenvalue weighted by atomic mass is 10.2. The van der Waals surface area contributed by atoms with Gasteiger partial charge in [0.2, 0.25) is 0 Å². The van der Waals surface area contributed by atoms with Crippen LogP contribution in [-0.4, -0.2) is 58.2 Å². The summed E-state index contributed by atoms with van der Waals surface area (Å²) in [5, 5.41) is 10.0. The SMILES string of the molecule is CN1CCN(c2nccc3[nH]c(-c4ccccc4O)nc23)CC1. The van der Waals surface area contributed by atoms with Gasteiger partial charge in [-0.3, -0.25) is 0 Å². The first-order valence-electron chi connectivity index (χ1n) is 7.79. The van der Waals surface area contributed by atoms with Gasteiger partial charge in [-0.1, -0.05) is 12.1 Å².